The van der Waals surface area contributed by atoms with Crippen LogP contribution in [-0.2, 0) is 26.2 Å². The van der Waals surface area contributed by atoms with Crippen molar-refractivity contribution in [3.8, 4) is 0 Å². The van der Waals surface area contributed by atoms with Crippen molar-refractivity contribution in [2.45, 2.75) is 26.2 Å². The third kappa shape index (κ3) is 12.2. The number of benzene rings is 4. The molecule has 7 nitrogen and oxygen atoms in total. The Labute approximate surface area is 363 Å². The van der Waals surface area contributed by atoms with Gasteiger partial charge in [-0.3, -0.25) is 9.80 Å². The molecular weight excluding hydrogens is 1100 g/mol. The molecule has 2 aliphatic heterocycles. The molecule has 6 rings (SSSR count). The average molecular weight is 1140 g/mol. The van der Waals surface area contributed by atoms with Crippen LogP contribution in [0.4, 0.5) is 25.8 Å². The van der Waals surface area contributed by atoms with Gasteiger partial charge in [-0.25, -0.2) is 8.78 Å². The molecule has 2 heterocycles. The summed E-state index contributed by atoms with van der Waals surface area (Å²) < 4.78 is 27.0. The number of rotatable bonds is 8. The summed E-state index contributed by atoms with van der Waals surface area (Å²) in [6, 6.07) is 25.7. The Morgan fingerprint density at radius 2 is 0.958 bits per heavy atom. The van der Waals surface area contributed by atoms with Crippen LogP contribution in [0.25, 0.3) is 11.5 Å². The number of hydrogen-bond donors (Lipinski definition) is 1. The van der Waals surface area contributed by atoms with E-state index in [4.69, 9.17) is 17.2 Å². The van der Waals surface area contributed by atoms with E-state index in [1.807, 2.05) is 42.5 Å². The zero-order chi connectivity index (χ0) is 32.5. The van der Waals surface area contributed by atoms with Crippen molar-refractivity contribution in [1.82, 2.24) is 9.80 Å². The van der Waals surface area contributed by atoms with Gasteiger partial charge in [0.05, 0.1) is 0 Å². The summed E-state index contributed by atoms with van der Waals surface area (Å²) in [5.74, 6) is -0.379. The van der Waals surface area contributed by atoms with E-state index in [1.54, 1.807) is 0 Å². The van der Waals surface area contributed by atoms with Crippen LogP contribution >= 0.6 is 15.9 Å². The second-order valence-electron chi connectivity index (χ2n) is 11.8. The Hall–Kier alpha value is -0.657. The summed E-state index contributed by atoms with van der Waals surface area (Å²) in [4.78, 5) is 9.42. The minimum atomic E-state index is -0.193. The molecule has 0 unspecified atom stereocenters. The van der Waals surface area contributed by atoms with E-state index in [0.717, 1.165) is 92.4 Å². The standard InChI is InChI=1S/C18H20BrFN3.C18H22FN4.2Ac/c19-18-11-14(1-2-15(18)12-21)13-22-7-9-23(10-8-22)17-5-3-16(20)4-6-17;19-16-3-5-17(6-4-16)23-9-7-22(8-10-23)13-14-1-2-15(12-20)18(21)11-14;;/h1-6,11,21H,7-10,12-13H2;1-6,11,20H,7-10,12-13,21H2;;/q2*-1;;. The summed E-state index contributed by atoms with van der Waals surface area (Å²) in [5.41, 5.74) is 28.1. The quantitative estimate of drug-likeness (QED) is 0.183. The summed E-state index contributed by atoms with van der Waals surface area (Å²) in [6.07, 6.45) is 0. The maximum atomic E-state index is 13.0. The number of anilines is 3. The molecule has 2 fully saturated rings. The molecule has 0 aliphatic carbocycles. The summed E-state index contributed by atoms with van der Waals surface area (Å²) in [7, 11) is 0. The number of halogens is 3. The molecule has 2 radical (unpaired) electrons. The van der Waals surface area contributed by atoms with Crippen LogP contribution in [0, 0.1) is 99.8 Å². The van der Waals surface area contributed by atoms with E-state index in [1.165, 1.54) is 35.4 Å². The van der Waals surface area contributed by atoms with Crippen LogP contribution in [0.3, 0.4) is 0 Å². The van der Waals surface area contributed by atoms with Gasteiger partial charge in [0.1, 0.15) is 11.6 Å². The van der Waals surface area contributed by atoms with Crippen molar-refractivity contribution in [2.24, 2.45) is 0 Å². The molecule has 2 aliphatic rings. The molecule has 0 atom stereocenters. The van der Waals surface area contributed by atoms with Crippen molar-refractivity contribution < 1.29 is 96.9 Å². The van der Waals surface area contributed by atoms with E-state index in [2.05, 4.69) is 53.7 Å². The van der Waals surface area contributed by atoms with Gasteiger partial charge in [-0.2, -0.15) is 0 Å². The molecule has 4 N–H and O–H groups in total. The largest absolute Gasteiger partial charge is 0.674 e. The first-order chi connectivity index (χ1) is 22.3. The molecule has 2 saturated heterocycles. The van der Waals surface area contributed by atoms with Crippen LogP contribution in [0.15, 0.2) is 89.4 Å². The van der Waals surface area contributed by atoms with Gasteiger partial charge < -0.3 is 27.0 Å². The summed E-state index contributed by atoms with van der Waals surface area (Å²) in [5, 5.41) is 0. The molecule has 4 aromatic rings. The van der Waals surface area contributed by atoms with Gasteiger partial charge in [0.15, 0.2) is 0 Å². The molecule has 0 bridgehead atoms. The van der Waals surface area contributed by atoms with Gasteiger partial charge >= 0.3 is 0 Å². The van der Waals surface area contributed by atoms with Gasteiger partial charge in [-0.05, 0) is 77.4 Å². The van der Waals surface area contributed by atoms with Crippen molar-refractivity contribution in [1.29, 1.82) is 0 Å². The fourth-order valence-corrected chi connectivity index (χ4v) is 6.45. The van der Waals surface area contributed by atoms with Crippen LogP contribution in [0.2, 0.25) is 0 Å². The Balaban J connectivity index is 0.000000250. The zero-order valence-electron chi connectivity index (χ0n) is 27.2. The number of hydrogen-bond acceptors (Lipinski definition) is 5. The molecule has 0 saturated carbocycles. The normalized spacial score (nSPS) is 15.2. The average Bonchev–Trinajstić information content (AvgIpc) is 3.07. The maximum absolute atomic E-state index is 13.0. The minimum Gasteiger partial charge on any atom is -0.674 e. The van der Waals surface area contributed by atoms with Crippen LogP contribution < -0.4 is 15.5 Å². The van der Waals surface area contributed by atoms with Crippen molar-refractivity contribution >= 4 is 33.0 Å². The van der Waals surface area contributed by atoms with Gasteiger partial charge in [0.2, 0.25) is 0 Å². The monoisotopic (exact) mass is 1140 g/mol. The van der Waals surface area contributed by atoms with Gasteiger partial charge in [-0.15, -0.1) is 13.1 Å². The van der Waals surface area contributed by atoms with Crippen molar-refractivity contribution in [3.05, 3.63) is 135 Å². The Bertz CT molecular complexity index is 1430. The van der Waals surface area contributed by atoms with E-state index in [0.29, 0.717) is 12.2 Å². The third-order valence-electron chi connectivity index (χ3n) is 8.65. The second kappa shape index (κ2) is 21.0. The minimum absolute atomic E-state index is 0. The number of nitrogens with zero attached hydrogens (tertiary/aromatic N) is 4. The first-order valence-corrected chi connectivity index (χ1v) is 16.5. The van der Waals surface area contributed by atoms with Gasteiger partial charge in [0.25, 0.3) is 0 Å². The second-order valence-corrected chi connectivity index (χ2v) is 12.6. The smallest absolute Gasteiger partial charge is 0.123 e. The summed E-state index contributed by atoms with van der Waals surface area (Å²) >= 11 is 3.54. The zero-order valence-corrected chi connectivity index (χ0v) is 38.3. The number of nitrogen functional groups attached to an aromatic ring is 1. The Morgan fingerprint density at radius 1 is 0.562 bits per heavy atom. The fraction of sp³-hybridized carbons (Fsp3) is 0.333. The predicted molar refractivity (Wildman–Crippen MR) is 189 cm³/mol. The van der Waals surface area contributed by atoms with E-state index in [-0.39, 0.29) is 106 Å². The molecule has 12 heteroatoms. The van der Waals surface area contributed by atoms with Crippen LogP contribution in [-0.4, -0.2) is 62.2 Å². The molecule has 48 heavy (non-hydrogen) atoms. The van der Waals surface area contributed by atoms with Crippen LogP contribution in [0.5, 0.6) is 0 Å². The van der Waals surface area contributed by atoms with E-state index >= 15 is 0 Å². The third-order valence-corrected chi connectivity index (χ3v) is 9.39. The molecule has 250 valence electrons. The maximum Gasteiger partial charge on any atom is 0.123 e. The molecule has 0 amide bonds. The molecular formula is C36H42Ac2BrF2N7-2. The molecule has 4 aromatic carbocycles. The van der Waals surface area contributed by atoms with E-state index in [9.17, 15) is 8.78 Å². The first kappa shape index (κ1) is 41.8. The van der Waals surface area contributed by atoms with Crippen molar-refractivity contribution in [2.75, 3.05) is 67.9 Å². The van der Waals surface area contributed by atoms with E-state index < -0.39 is 0 Å². The Morgan fingerprint density at radius 3 is 1.33 bits per heavy atom. The van der Waals surface area contributed by atoms with Gasteiger partial charge in [-0.1, -0.05) is 45.8 Å². The molecule has 0 aromatic heterocycles. The van der Waals surface area contributed by atoms with Crippen LogP contribution in [0.1, 0.15) is 22.3 Å². The Kier molecular flexibility index (Phi) is 18.3. The number of nitrogens with two attached hydrogens (primary N) is 1. The SMILES string of the molecule is [Ac].[Ac].[NH-]Cc1ccc(CN2CCN(c3ccc(F)cc3)CC2)cc1Br.[NH-]Cc1ccc(CN2CCN(c3ccc(F)cc3)CC2)cc1N. The predicted octanol–water partition coefficient (Wildman–Crippen LogP) is 7.74. The van der Waals surface area contributed by atoms with Gasteiger partial charge in [0, 0.05) is 175 Å². The first-order valence-electron chi connectivity index (χ1n) is 15.7. The topological polar surface area (TPSA) is 86.6 Å². The number of piperazine rings is 2. The fourth-order valence-electron chi connectivity index (χ4n) is 5.88. The molecule has 0 spiro atoms. The van der Waals surface area contributed by atoms with Crippen molar-refractivity contribution in [3.63, 3.8) is 0 Å². The summed E-state index contributed by atoms with van der Waals surface area (Å²) in [6.45, 7) is 10.0. The number of nitrogens with one attached hydrogen (secondary N) is 2.